The summed E-state index contributed by atoms with van der Waals surface area (Å²) < 4.78 is 26.2. The van der Waals surface area contributed by atoms with Gasteiger partial charge in [0.1, 0.15) is 24.7 Å². The van der Waals surface area contributed by atoms with Gasteiger partial charge >= 0.3 is 0 Å². The molecule has 0 atom stereocenters. The van der Waals surface area contributed by atoms with Crippen LogP contribution < -0.4 is 10.3 Å². The summed E-state index contributed by atoms with van der Waals surface area (Å²) in [4.78, 5) is 14.8. The van der Waals surface area contributed by atoms with Gasteiger partial charge in [0.25, 0.3) is 5.56 Å². The molecule has 0 fully saturated rings. The number of aromatic hydroxyl groups is 1. The maximum atomic E-state index is 13.2. The molecule has 1 aromatic carbocycles. The lowest BCUT2D eigenvalue weighted by Gasteiger charge is -2.15. The molecule has 1 aliphatic rings. The smallest absolute Gasteiger partial charge is 0.258 e. The average Bonchev–Trinajstić information content (AvgIpc) is 3.00. The van der Waals surface area contributed by atoms with Crippen molar-refractivity contribution in [1.29, 1.82) is 0 Å². The van der Waals surface area contributed by atoms with Crippen molar-refractivity contribution >= 4 is 5.70 Å². The Morgan fingerprint density at radius 3 is 2.75 bits per heavy atom. The van der Waals surface area contributed by atoms with Gasteiger partial charge in [0.15, 0.2) is 11.6 Å². The molecule has 0 radical (unpaired) electrons. The van der Waals surface area contributed by atoms with Crippen molar-refractivity contribution in [3.63, 3.8) is 0 Å². The van der Waals surface area contributed by atoms with Gasteiger partial charge in [-0.05, 0) is 62.0 Å². The Morgan fingerprint density at radius 1 is 1.16 bits per heavy atom. The van der Waals surface area contributed by atoms with Crippen LogP contribution in [0.5, 0.6) is 11.5 Å². The number of pyridine rings is 1. The van der Waals surface area contributed by atoms with Gasteiger partial charge in [0.2, 0.25) is 0 Å². The zero-order valence-electron chi connectivity index (χ0n) is 18.5. The lowest BCUT2D eigenvalue weighted by atomic mass is 10.2. The normalized spacial score (nSPS) is 13.5. The zero-order valence-corrected chi connectivity index (χ0v) is 18.5. The van der Waals surface area contributed by atoms with Crippen molar-refractivity contribution in [2.75, 3.05) is 26.7 Å². The standard InChI is InChI=1S/C25H29FN2O4/c1-3-12-27(2)14-15-31-21-6-4-5-20(8-9-21)28-13-11-22(17-25(28)30)32-18-19-7-10-23(26)24(29)16-19/h4,6-11,13,16-17,29H,3,5,12,14-15,18H2,1-2H3. The molecule has 1 N–H and O–H groups in total. The van der Waals surface area contributed by atoms with E-state index in [2.05, 4.69) is 18.9 Å². The number of rotatable bonds is 10. The van der Waals surface area contributed by atoms with Crippen molar-refractivity contribution in [3.8, 4) is 11.5 Å². The van der Waals surface area contributed by atoms with E-state index >= 15 is 0 Å². The van der Waals surface area contributed by atoms with E-state index in [-0.39, 0.29) is 12.2 Å². The Hall–Kier alpha value is -3.32. The summed E-state index contributed by atoms with van der Waals surface area (Å²) in [5, 5.41) is 9.45. The molecule has 1 heterocycles. The van der Waals surface area contributed by atoms with Crippen LogP contribution in [-0.2, 0) is 11.3 Å². The summed E-state index contributed by atoms with van der Waals surface area (Å²) >= 11 is 0. The molecule has 3 rings (SSSR count). The highest BCUT2D eigenvalue weighted by atomic mass is 19.1. The first-order valence-corrected chi connectivity index (χ1v) is 10.7. The Morgan fingerprint density at radius 2 is 2.00 bits per heavy atom. The molecule has 0 aliphatic heterocycles. The number of ether oxygens (including phenoxy) is 2. The van der Waals surface area contributed by atoms with E-state index in [1.54, 1.807) is 16.8 Å². The number of phenols is 1. The number of phenolic OH excluding ortho intramolecular Hbond substituents is 1. The third kappa shape index (κ3) is 6.59. The maximum Gasteiger partial charge on any atom is 0.258 e. The van der Waals surface area contributed by atoms with Crippen molar-refractivity contribution in [2.24, 2.45) is 0 Å². The van der Waals surface area contributed by atoms with Crippen LogP contribution in [0.15, 0.2) is 71.4 Å². The molecule has 32 heavy (non-hydrogen) atoms. The van der Waals surface area contributed by atoms with Crippen LogP contribution in [0.25, 0.3) is 5.70 Å². The van der Waals surface area contributed by atoms with E-state index in [1.165, 1.54) is 24.3 Å². The van der Waals surface area contributed by atoms with Crippen molar-refractivity contribution in [3.05, 3.63) is 88.3 Å². The van der Waals surface area contributed by atoms with Crippen LogP contribution in [-0.4, -0.2) is 41.3 Å². The summed E-state index contributed by atoms with van der Waals surface area (Å²) in [7, 11) is 2.07. The van der Waals surface area contributed by atoms with Gasteiger partial charge in [-0.25, -0.2) is 4.39 Å². The number of benzene rings is 1. The molecule has 1 aromatic heterocycles. The van der Waals surface area contributed by atoms with Gasteiger partial charge in [0, 0.05) is 30.9 Å². The van der Waals surface area contributed by atoms with Crippen molar-refractivity contribution in [1.82, 2.24) is 9.47 Å². The second kappa shape index (κ2) is 11.3. The Labute approximate surface area is 187 Å². The third-order valence-corrected chi connectivity index (χ3v) is 5.01. The number of aromatic nitrogens is 1. The summed E-state index contributed by atoms with van der Waals surface area (Å²) in [6.45, 7) is 4.76. The molecule has 6 nitrogen and oxygen atoms in total. The molecular weight excluding hydrogens is 411 g/mol. The van der Waals surface area contributed by atoms with Crippen LogP contribution >= 0.6 is 0 Å². The average molecular weight is 441 g/mol. The summed E-state index contributed by atoms with van der Waals surface area (Å²) in [6, 6.07) is 7.10. The van der Waals surface area contributed by atoms with Crippen molar-refractivity contribution < 1.29 is 19.0 Å². The number of hydrogen-bond donors (Lipinski definition) is 1. The second-order valence-electron chi connectivity index (χ2n) is 7.63. The predicted molar refractivity (Wildman–Crippen MR) is 123 cm³/mol. The predicted octanol–water partition coefficient (Wildman–Crippen LogP) is 4.32. The molecule has 0 bridgehead atoms. The van der Waals surface area contributed by atoms with Crippen LogP contribution in [0.4, 0.5) is 4.39 Å². The first-order valence-electron chi connectivity index (χ1n) is 10.7. The Bertz CT molecular complexity index is 1070. The highest BCUT2D eigenvalue weighted by Crippen LogP contribution is 2.19. The molecule has 1 aliphatic carbocycles. The molecule has 0 saturated carbocycles. The van der Waals surface area contributed by atoms with E-state index in [0.717, 1.165) is 31.0 Å². The topological polar surface area (TPSA) is 63.9 Å². The number of nitrogens with zero attached hydrogens (tertiary/aromatic N) is 2. The highest BCUT2D eigenvalue weighted by molar-refractivity contribution is 5.53. The van der Waals surface area contributed by atoms with Gasteiger partial charge in [-0.15, -0.1) is 0 Å². The largest absolute Gasteiger partial charge is 0.505 e. The fraction of sp³-hybridized carbons (Fsp3) is 0.320. The zero-order chi connectivity index (χ0) is 22.9. The van der Waals surface area contributed by atoms with E-state index < -0.39 is 11.6 Å². The van der Waals surface area contributed by atoms with E-state index in [0.29, 0.717) is 24.3 Å². The minimum atomic E-state index is -0.687. The lowest BCUT2D eigenvalue weighted by Crippen LogP contribution is -2.23. The van der Waals surface area contributed by atoms with Gasteiger partial charge < -0.3 is 19.5 Å². The maximum absolute atomic E-state index is 13.2. The highest BCUT2D eigenvalue weighted by Gasteiger charge is 2.08. The number of allylic oxidation sites excluding steroid dienone is 5. The quantitative estimate of drug-likeness (QED) is 0.596. The Balaban J connectivity index is 1.61. The van der Waals surface area contributed by atoms with E-state index in [1.807, 2.05) is 24.3 Å². The second-order valence-corrected chi connectivity index (χ2v) is 7.63. The summed E-state index contributed by atoms with van der Waals surface area (Å²) in [6.07, 6.45) is 11.0. The van der Waals surface area contributed by atoms with Crippen LogP contribution in [0, 0.1) is 5.82 Å². The third-order valence-electron chi connectivity index (χ3n) is 5.01. The Kier molecular flexibility index (Phi) is 8.27. The van der Waals surface area contributed by atoms with Crippen molar-refractivity contribution in [2.45, 2.75) is 26.4 Å². The monoisotopic (exact) mass is 440 g/mol. The van der Waals surface area contributed by atoms with E-state index in [4.69, 9.17) is 9.47 Å². The first kappa shape index (κ1) is 23.3. The van der Waals surface area contributed by atoms with Gasteiger partial charge in [-0.3, -0.25) is 9.36 Å². The molecule has 0 saturated heterocycles. The van der Waals surface area contributed by atoms with Gasteiger partial charge in [-0.1, -0.05) is 19.1 Å². The fourth-order valence-corrected chi connectivity index (χ4v) is 3.29. The molecule has 170 valence electrons. The molecular formula is C25H29FN2O4. The molecule has 2 aromatic rings. The van der Waals surface area contributed by atoms with Crippen LogP contribution in [0.3, 0.4) is 0 Å². The molecule has 0 unspecified atom stereocenters. The van der Waals surface area contributed by atoms with Gasteiger partial charge in [0.05, 0.1) is 0 Å². The van der Waals surface area contributed by atoms with E-state index in [9.17, 15) is 14.3 Å². The lowest BCUT2D eigenvalue weighted by molar-refractivity contribution is 0.180. The minimum Gasteiger partial charge on any atom is -0.505 e. The minimum absolute atomic E-state index is 0.111. The summed E-state index contributed by atoms with van der Waals surface area (Å²) in [5.74, 6) is 0.0452. The number of hydrogen-bond acceptors (Lipinski definition) is 5. The first-order chi connectivity index (χ1) is 15.5. The fourth-order valence-electron chi connectivity index (χ4n) is 3.29. The SMILES string of the molecule is CCCN(C)CCOC1=CC=C(n2ccc(OCc3ccc(F)c(O)c3)cc2=O)CC=C1. The molecule has 7 heteroatoms. The molecule has 0 amide bonds. The van der Waals surface area contributed by atoms with Gasteiger partial charge in [-0.2, -0.15) is 0 Å². The summed E-state index contributed by atoms with van der Waals surface area (Å²) in [5.41, 5.74) is 1.20. The number of halogens is 1. The molecule has 0 spiro atoms. The van der Waals surface area contributed by atoms with Crippen LogP contribution in [0.2, 0.25) is 0 Å². The number of likely N-dealkylation sites (N-methyl/N-ethyl adjacent to an activating group) is 1. The van der Waals surface area contributed by atoms with Crippen LogP contribution in [0.1, 0.15) is 25.3 Å².